The molecular weight excluding hydrogens is 384 g/mol. The SMILES string of the molecule is Cc1ccc(N2C[C@H](C(=O)Nc3c4c(nn3C(C)(C)C)CSC4)CC2=O)cc1C. The normalized spacial score (nSPS) is 19.0. The number of rotatable bonds is 3. The third kappa shape index (κ3) is 3.68. The molecule has 0 saturated carbocycles. The predicted molar refractivity (Wildman–Crippen MR) is 117 cm³/mol. The van der Waals surface area contributed by atoms with E-state index in [9.17, 15) is 9.59 Å². The summed E-state index contributed by atoms with van der Waals surface area (Å²) in [7, 11) is 0. The second-order valence-corrected chi connectivity index (χ2v) is 10.00. The zero-order valence-corrected chi connectivity index (χ0v) is 18.5. The lowest BCUT2D eigenvalue weighted by Gasteiger charge is -2.24. The van der Waals surface area contributed by atoms with E-state index in [0.29, 0.717) is 6.54 Å². The molecule has 1 N–H and O–H groups in total. The molecule has 1 saturated heterocycles. The number of carbonyl (C=O) groups excluding carboxylic acids is 2. The molecule has 0 radical (unpaired) electrons. The molecule has 0 unspecified atom stereocenters. The first-order chi connectivity index (χ1) is 13.6. The van der Waals surface area contributed by atoms with Gasteiger partial charge in [0.25, 0.3) is 0 Å². The van der Waals surface area contributed by atoms with Gasteiger partial charge >= 0.3 is 0 Å². The van der Waals surface area contributed by atoms with Gasteiger partial charge in [0.2, 0.25) is 11.8 Å². The van der Waals surface area contributed by atoms with Crippen LogP contribution in [-0.4, -0.2) is 28.1 Å². The van der Waals surface area contributed by atoms with Crippen molar-refractivity contribution < 1.29 is 9.59 Å². The molecule has 6 nitrogen and oxygen atoms in total. The van der Waals surface area contributed by atoms with Gasteiger partial charge in [0.05, 0.1) is 17.2 Å². The first kappa shape index (κ1) is 20.0. The standard InChI is InChI=1S/C22H28N4O2S/c1-13-6-7-16(8-14(13)2)25-10-15(9-19(25)27)21(28)23-20-17-11-29-12-18(17)24-26(20)22(3,4)5/h6-8,15H,9-12H2,1-5H3,(H,23,28)/t15-/m1/s1. The minimum Gasteiger partial charge on any atom is -0.312 e. The van der Waals surface area contributed by atoms with Crippen molar-refractivity contribution >= 4 is 35.1 Å². The van der Waals surface area contributed by atoms with E-state index < -0.39 is 0 Å². The molecule has 3 heterocycles. The molecule has 2 aliphatic rings. The number of fused-ring (bicyclic) bond motifs is 1. The minimum atomic E-state index is -0.364. The number of amides is 2. The molecule has 4 rings (SSSR count). The van der Waals surface area contributed by atoms with Crippen molar-refractivity contribution in [2.75, 3.05) is 16.8 Å². The Bertz CT molecular complexity index is 989. The fourth-order valence-electron chi connectivity index (χ4n) is 3.87. The number of nitrogens with zero attached hydrogens (tertiary/aromatic N) is 3. The fraction of sp³-hybridized carbons (Fsp3) is 0.500. The van der Waals surface area contributed by atoms with E-state index in [1.54, 1.807) is 4.90 Å². The number of nitrogens with one attached hydrogen (secondary N) is 1. The number of aromatic nitrogens is 2. The van der Waals surface area contributed by atoms with Crippen LogP contribution < -0.4 is 10.2 Å². The first-order valence-corrected chi connectivity index (χ1v) is 11.2. The number of carbonyl (C=O) groups is 2. The molecule has 1 fully saturated rings. The Labute approximate surface area is 176 Å². The Balaban J connectivity index is 1.55. The van der Waals surface area contributed by atoms with Crippen molar-refractivity contribution in [3.05, 3.63) is 40.6 Å². The zero-order valence-electron chi connectivity index (χ0n) is 17.7. The van der Waals surface area contributed by atoms with Gasteiger partial charge in [-0.25, -0.2) is 4.68 Å². The van der Waals surface area contributed by atoms with Gasteiger partial charge in [0.1, 0.15) is 5.82 Å². The van der Waals surface area contributed by atoms with E-state index in [2.05, 4.69) is 33.0 Å². The second kappa shape index (κ2) is 7.20. The van der Waals surface area contributed by atoms with Crippen molar-refractivity contribution in [1.29, 1.82) is 0 Å². The van der Waals surface area contributed by atoms with Gasteiger partial charge in [-0.05, 0) is 57.9 Å². The maximum atomic E-state index is 13.1. The van der Waals surface area contributed by atoms with Crippen LogP contribution in [0.25, 0.3) is 0 Å². The van der Waals surface area contributed by atoms with E-state index in [4.69, 9.17) is 5.10 Å². The molecule has 1 atom stereocenters. The highest BCUT2D eigenvalue weighted by atomic mass is 32.2. The van der Waals surface area contributed by atoms with Crippen LogP contribution in [-0.2, 0) is 26.6 Å². The molecule has 2 aromatic rings. The quantitative estimate of drug-likeness (QED) is 0.828. The van der Waals surface area contributed by atoms with Crippen LogP contribution >= 0.6 is 11.8 Å². The Morgan fingerprint density at radius 2 is 1.97 bits per heavy atom. The number of aryl methyl sites for hydroxylation is 2. The smallest absolute Gasteiger partial charge is 0.230 e. The van der Waals surface area contributed by atoms with Crippen LogP contribution in [0.5, 0.6) is 0 Å². The Kier molecular flexibility index (Phi) is 4.97. The van der Waals surface area contributed by atoms with E-state index in [1.807, 2.05) is 41.6 Å². The van der Waals surface area contributed by atoms with Crippen molar-refractivity contribution in [3.63, 3.8) is 0 Å². The summed E-state index contributed by atoms with van der Waals surface area (Å²) in [4.78, 5) is 27.5. The van der Waals surface area contributed by atoms with Crippen molar-refractivity contribution in [2.45, 2.75) is 58.1 Å². The summed E-state index contributed by atoms with van der Waals surface area (Å²) in [6, 6.07) is 6.00. The Morgan fingerprint density at radius 3 is 2.66 bits per heavy atom. The molecule has 0 aliphatic carbocycles. The van der Waals surface area contributed by atoms with Crippen molar-refractivity contribution in [2.24, 2.45) is 5.92 Å². The molecule has 1 aromatic carbocycles. The third-order valence-electron chi connectivity index (χ3n) is 5.73. The van der Waals surface area contributed by atoms with Gasteiger partial charge in [-0.1, -0.05) is 6.07 Å². The Morgan fingerprint density at radius 1 is 1.21 bits per heavy atom. The van der Waals surface area contributed by atoms with E-state index in [1.165, 1.54) is 5.56 Å². The molecule has 2 amide bonds. The monoisotopic (exact) mass is 412 g/mol. The second-order valence-electron chi connectivity index (χ2n) is 9.01. The molecule has 7 heteroatoms. The van der Waals surface area contributed by atoms with Crippen LogP contribution in [0.2, 0.25) is 0 Å². The van der Waals surface area contributed by atoms with Gasteiger partial charge in [-0.3, -0.25) is 9.59 Å². The molecule has 2 aliphatic heterocycles. The number of hydrogen-bond acceptors (Lipinski definition) is 4. The average molecular weight is 413 g/mol. The molecule has 154 valence electrons. The predicted octanol–water partition coefficient (Wildman–Crippen LogP) is 3.99. The maximum Gasteiger partial charge on any atom is 0.230 e. The highest BCUT2D eigenvalue weighted by Gasteiger charge is 2.37. The first-order valence-electron chi connectivity index (χ1n) is 10.0. The summed E-state index contributed by atoms with van der Waals surface area (Å²) in [6.45, 7) is 10.7. The highest BCUT2D eigenvalue weighted by Crippen LogP contribution is 2.37. The maximum absolute atomic E-state index is 13.1. The Hall–Kier alpha value is -2.28. The van der Waals surface area contributed by atoms with E-state index in [0.717, 1.165) is 39.8 Å². The molecule has 0 spiro atoms. The highest BCUT2D eigenvalue weighted by molar-refractivity contribution is 7.98. The van der Waals surface area contributed by atoms with Gasteiger partial charge < -0.3 is 10.2 Å². The summed E-state index contributed by atoms with van der Waals surface area (Å²) in [6.07, 6.45) is 0.235. The van der Waals surface area contributed by atoms with Gasteiger partial charge in [-0.2, -0.15) is 16.9 Å². The molecular formula is C22H28N4O2S. The van der Waals surface area contributed by atoms with Crippen molar-refractivity contribution in [3.8, 4) is 0 Å². The summed E-state index contributed by atoms with van der Waals surface area (Å²) >= 11 is 1.81. The number of anilines is 2. The number of thioether (sulfide) groups is 1. The van der Waals surface area contributed by atoms with Crippen LogP contribution in [0.4, 0.5) is 11.5 Å². The number of hydrogen-bond donors (Lipinski definition) is 1. The van der Waals surface area contributed by atoms with Crippen LogP contribution in [0.1, 0.15) is 49.6 Å². The lowest BCUT2D eigenvalue weighted by molar-refractivity contribution is -0.122. The summed E-state index contributed by atoms with van der Waals surface area (Å²) < 4.78 is 1.92. The van der Waals surface area contributed by atoms with Gasteiger partial charge in [-0.15, -0.1) is 0 Å². The van der Waals surface area contributed by atoms with Crippen LogP contribution in [0, 0.1) is 19.8 Å². The lowest BCUT2D eigenvalue weighted by Crippen LogP contribution is -2.31. The average Bonchev–Trinajstić information content (AvgIpc) is 3.32. The van der Waals surface area contributed by atoms with Crippen LogP contribution in [0.3, 0.4) is 0 Å². The minimum absolute atomic E-state index is 0.00137. The van der Waals surface area contributed by atoms with Crippen LogP contribution in [0.15, 0.2) is 18.2 Å². The molecule has 1 aromatic heterocycles. The van der Waals surface area contributed by atoms with E-state index in [-0.39, 0.29) is 29.7 Å². The fourth-order valence-corrected chi connectivity index (χ4v) is 4.91. The molecule has 29 heavy (non-hydrogen) atoms. The van der Waals surface area contributed by atoms with E-state index >= 15 is 0 Å². The number of benzene rings is 1. The third-order valence-corrected chi connectivity index (χ3v) is 6.70. The summed E-state index contributed by atoms with van der Waals surface area (Å²) in [5, 5.41) is 7.86. The summed E-state index contributed by atoms with van der Waals surface area (Å²) in [5.74, 6) is 2.06. The zero-order chi connectivity index (χ0) is 20.9. The van der Waals surface area contributed by atoms with Gasteiger partial charge in [0.15, 0.2) is 0 Å². The topological polar surface area (TPSA) is 67.2 Å². The van der Waals surface area contributed by atoms with Crippen molar-refractivity contribution in [1.82, 2.24) is 9.78 Å². The molecule has 0 bridgehead atoms. The summed E-state index contributed by atoms with van der Waals surface area (Å²) in [5.41, 5.74) is 5.15. The van der Waals surface area contributed by atoms with Gasteiger partial charge in [0, 0.05) is 35.7 Å². The largest absolute Gasteiger partial charge is 0.312 e. The lowest BCUT2D eigenvalue weighted by atomic mass is 10.1.